The molecule has 116 valence electrons. The van der Waals surface area contributed by atoms with Gasteiger partial charge in [-0.05, 0) is 37.5 Å². The average molecular weight is 312 g/mol. The summed E-state index contributed by atoms with van der Waals surface area (Å²) >= 11 is 0. The molecule has 7 heteroatoms. The van der Waals surface area contributed by atoms with Crippen LogP contribution in [-0.2, 0) is 21.2 Å². The van der Waals surface area contributed by atoms with E-state index in [9.17, 15) is 13.2 Å². The molecule has 0 bridgehead atoms. The van der Waals surface area contributed by atoms with Gasteiger partial charge in [-0.15, -0.1) is 0 Å². The summed E-state index contributed by atoms with van der Waals surface area (Å²) in [5.74, 6) is 0.597. The van der Waals surface area contributed by atoms with Crippen molar-refractivity contribution in [1.82, 2.24) is 4.72 Å². The van der Waals surface area contributed by atoms with Gasteiger partial charge in [-0.2, -0.15) is 0 Å². The molecule has 0 aromatic heterocycles. The van der Waals surface area contributed by atoms with Crippen molar-refractivity contribution in [3.05, 3.63) is 23.8 Å². The fraction of sp³-hybridized carbons (Fsp3) is 0.500. The number of carbonyl (C=O) groups is 1. The van der Waals surface area contributed by atoms with E-state index in [1.54, 1.807) is 13.0 Å². The highest BCUT2D eigenvalue weighted by atomic mass is 32.2. The Hall–Kier alpha value is -1.60. The van der Waals surface area contributed by atoms with Gasteiger partial charge in [0.25, 0.3) is 5.91 Å². The van der Waals surface area contributed by atoms with Crippen LogP contribution in [0.15, 0.2) is 18.2 Å². The van der Waals surface area contributed by atoms with E-state index in [0.29, 0.717) is 30.8 Å². The lowest BCUT2D eigenvalue weighted by atomic mass is 10.1. The number of sulfonamides is 1. The Morgan fingerprint density at radius 1 is 1.38 bits per heavy atom. The van der Waals surface area contributed by atoms with Crippen molar-refractivity contribution in [1.29, 1.82) is 0 Å². The summed E-state index contributed by atoms with van der Waals surface area (Å²) < 4.78 is 31.1. The van der Waals surface area contributed by atoms with E-state index in [1.165, 1.54) is 0 Å². The first-order chi connectivity index (χ1) is 9.91. The SMILES string of the molecule is CCCS(=O)(=O)NCCc1ccc2c(c1)NC(=O)C(C)O2. The molecule has 0 radical (unpaired) electrons. The summed E-state index contributed by atoms with van der Waals surface area (Å²) in [6.45, 7) is 3.85. The minimum absolute atomic E-state index is 0.138. The van der Waals surface area contributed by atoms with Gasteiger partial charge in [-0.3, -0.25) is 4.79 Å². The van der Waals surface area contributed by atoms with Crippen molar-refractivity contribution in [2.24, 2.45) is 0 Å². The van der Waals surface area contributed by atoms with Crippen LogP contribution in [-0.4, -0.2) is 32.7 Å². The smallest absolute Gasteiger partial charge is 0.265 e. The third kappa shape index (κ3) is 4.18. The molecule has 0 spiro atoms. The Morgan fingerprint density at radius 3 is 2.86 bits per heavy atom. The zero-order valence-electron chi connectivity index (χ0n) is 12.2. The number of hydrogen-bond acceptors (Lipinski definition) is 4. The van der Waals surface area contributed by atoms with E-state index in [-0.39, 0.29) is 11.7 Å². The van der Waals surface area contributed by atoms with Gasteiger partial charge in [0.2, 0.25) is 10.0 Å². The first-order valence-corrected chi connectivity index (χ1v) is 8.64. The molecule has 0 saturated heterocycles. The number of carbonyl (C=O) groups excluding carboxylic acids is 1. The van der Waals surface area contributed by atoms with Crippen LogP contribution in [0.2, 0.25) is 0 Å². The van der Waals surface area contributed by atoms with Crippen LogP contribution in [0, 0.1) is 0 Å². The maximum atomic E-state index is 11.6. The van der Waals surface area contributed by atoms with Gasteiger partial charge in [0, 0.05) is 6.54 Å². The van der Waals surface area contributed by atoms with Crippen LogP contribution in [0.25, 0.3) is 0 Å². The van der Waals surface area contributed by atoms with E-state index >= 15 is 0 Å². The quantitative estimate of drug-likeness (QED) is 0.828. The Morgan fingerprint density at radius 2 is 2.14 bits per heavy atom. The molecule has 2 rings (SSSR count). The molecule has 1 atom stereocenters. The molecule has 1 aliphatic rings. The van der Waals surface area contributed by atoms with Gasteiger partial charge in [0.1, 0.15) is 5.75 Å². The number of nitrogens with one attached hydrogen (secondary N) is 2. The number of rotatable bonds is 6. The topological polar surface area (TPSA) is 84.5 Å². The second-order valence-corrected chi connectivity index (χ2v) is 6.97. The van der Waals surface area contributed by atoms with Crippen molar-refractivity contribution in [2.75, 3.05) is 17.6 Å². The van der Waals surface area contributed by atoms with Crippen molar-refractivity contribution >= 4 is 21.6 Å². The number of fused-ring (bicyclic) bond motifs is 1. The van der Waals surface area contributed by atoms with Crippen LogP contribution in [0.5, 0.6) is 5.75 Å². The summed E-state index contributed by atoms with van der Waals surface area (Å²) in [4.78, 5) is 11.6. The zero-order valence-corrected chi connectivity index (χ0v) is 13.0. The number of amides is 1. The van der Waals surface area contributed by atoms with Crippen molar-refractivity contribution in [2.45, 2.75) is 32.8 Å². The number of hydrogen-bond donors (Lipinski definition) is 2. The first-order valence-electron chi connectivity index (χ1n) is 6.99. The first kappa shape index (κ1) is 15.8. The van der Waals surface area contributed by atoms with Gasteiger partial charge < -0.3 is 10.1 Å². The van der Waals surface area contributed by atoms with Crippen molar-refractivity contribution < 1.29 is 17.9 Å². The fourth-order valence-corrected chi connectivity index (χ4v) is 3.20. The highest BCUT2D eigenvalue weighted by Crippen LogP contribution is 2.30. The fourth-order valence-electron chi connectivity index (χ4n) is 2.10. The van der Waals surface area contributed by atoms with Gasteiger partial charge in [-0.1, -0.05) is 13.0 Å². The van der Waals surface area contributed by atoms with E-state index in [2.05, 4.69) is 10.0 Å². The van der Waals surface area contributed by atoms with E-state index in [1.807, 2.05) is 19.1 Å². The predicted octanol–water partition coefficient (Wildman–Crippen LogP) is 1.28. The van der Waals surface area contributed by atoms with Gasteiger partial charge in [-0.25, -0.2) is 13.1 Å². The zero-order chi connectivity index (χ0) is 15.5. The number of ether oxygens (including phenoxy) is 1. The van der Waals surface area contributed by atoms with Crippen molar-refractivity contribution in [3.63, 3.8) is 0 Å². The number of anilines is 1. The molecular formula is C14H20N2O4S. The normalized spacial score (nSPS) is 17.8. The molecule has 1 heterocycles. The summed E-state index contributed by atoms with van der Waals surface area (Å²) in [7, 11) is -3.18. The number of benzene rings is 1. The predicted molar refractivity (Wildman–Crippen MR) is 80.9 cm³/mol. The molecule has 1 aromatic rings. The molecule has 6 nitrogen and oxygen atoms in total. The summed E-state index contributed by atoms with van der Waals surface area (Å²) in [6.07, 6.45) is 0.654. The Balaban J connectivity index is 1.97. The molecule has 0 fully saturated rings. The third-order valence-corrected chi connectivity index (χ3v) is 4.77. The Labute approximate surface area is 124 Å². The monoisotopic (exact) mass is 312 g/mol. The molecule has 1 aliphatic heterocycles. The minimum Gasteiger partial charge on any atom is -0.479 e. The maximum absolute atomic E-state index is 11.6. The molecule has 0 aliphatic carbocycles. The van der Waals surface area contributed by atoms with Crippen LogP contribution in [0.4, 0.5) is 5.69 Å². The molecule has 0 saturated carbocycles. The van der Waals surface area contributed by atoms with Crippen LogP contribution in [0.3, 0.4) is 0 Å². The standard InChI is InChI=1S/C14H20N2O4S/c1-3-8-21(18,19)15-7-6-11-4-5-13-12(9-11)16-14(17)10(2)20-13/h4-5,9-10,15H,3,6-8H2,1-2H3,(H,16,17). The Bertz CT molecular complexity index is 628. The average Bonchev–Trinajstić information content (AvgIpc) is 2.40. The molecular weight excluding hydrogens is 292 g/mol. The lowest BCUT2D eigenvalue weighted by Gasteiger charge is -2.23. The molecule has 1 aromatic carbocycles. The lowest BCUT2D eigenvalue weighted by Crippen LogP contribution is -2.34. The third-order valence-electron chi connectivity index (χ3n) is 3.18. The highest BCUT2D eigenvalue weighted by Gasteiger charge is 2.23. The van der Waals surface area contributed by atoms with Gasteiger partial charge in [0.05, 0.1) is 11.4 Å². The van der Waals surface area contributed by atoms with Gasteiger partial charge in [0.15, 0.2) is 6.10 Å². The summed E-state index contributed by atoms with van der Waals surface area (Å²) in [6, 6.07) is 5.48. The Kier molecular flexibility index (Phi) is 4.84. The molecule has 2 N–H and O–H groups in total. The second kappa shape index (κ2) is 6.44. The van der Waals surface area contributed by atoms with Crippen LogP contribution >= 0.6 is 0 Å². The van der Waals surface area contributed by atoms with E-state index in [0.717, 1.165) is 5.56 Å². The molecule has 21 heavy (non-hydrogen) atoms. The second-order valence-electron chi connectivity index (χ2n) is 5.04. The highest BCUT2D eigenvalue weighted by molar-refractivity contribution is 7.89. The van der Waals surface area contributed by atoms with Gasteiger partial charge >= 0.3 is 0 Å². The lowest BCUT2D eigenvalue weighted by molar-refractivity contribution is -0.122. The minimum atomic E-state index is -3.18. The van der Waals surface area contributed by atoms with E-state index in [4.69, 9.17) is 4.74 Å². The summed E-state index contributed by atoms with van der Waals surface area (Å²) in [5, 5.41) is 2.77. The van der Waals surface area contributed by atoms with E-state index < -0.39 is 16.1 Å². The van der Waals surface area contributed by atoms with Crippen LogP contribution in [0.1, 0.15) is 25.8 Å². The maximum Gasteiger partial charge on any atom is 0.265 e. The largest absolute Gasteiger partial charge is 0.479 e. The molecule has 1 unspecified atom stereocenters. The van der Waals surface area contributed by atoms with Crippen molar-refractivity contribution in [3.8, 4) is 5.75 Å². The summed E-state index contributed by atoms with van der Waals surface area (Å²) in [5.41, 5.74) is 1.57. The van der Waals surface area contributed by atoms with Crippen LogP contribution < -0.4 is 14.8 Å². The molecule has 1 amide bonds.